The Balaban J connectivity index is 1.58. The van der Waals surface area contributed by atoms with Crippen LogP contribution in [0.1, 0.15) is 11.5 Å². The summed E-state index contributed by atoms with van der Waals surface area (Å²) in [7, 11) is 1.67. The Morgan fingerprint density at radius 3 is 2.77 bits per heavy atom. The predicted molar refractivity (Wildman–Crippen MR) is 128 cm³/mol. The Morgan fingerprint density at radius 2 is 1.90 bits per heavy atom. The third-order valence-corrected chi connectivity index (χ3v) is 6.63. The Morgan fingerprint density at radius 1 is 1.03 bits per heavy atom. The van der Waals surface area contributed by atoms with E-state index < -0.39 is 0 Å². The molecule has 7 heteroatoms. The molecule has 0 amide bonds. The highest BCUT2D eigenvalue weighted by Gasteiger charge is 2.34. The van der Waals surface area contributed by atoms with Crippen molar-refractivity contribution in [2.45, 2.75) is 12.0 Å². The molecule has 1 aliphatic carbocycles. The van der Waals surface area contributed by atoms with Crippen molar-refractivity contribution in [3.05, 3.63) is 57.0 Å². The largest absolute Gasteiger partial charge is 0.487 e. The summed E-state index contributed by atoms with van der Waals surface area (Å²) in [6.45, 7) is 2.13. The number of ether oxygens (including phenoxy) is 3. The molecule has 1 aromatic heterocycles. The molecule has 30 heavy (non-hydrogen) atoms. The Kier molecular flexibility index (Phi) is 5.62. The average molecular weight is 534 g/mol. The minimum atomic E-state index is 0.228. The van der Waals surface area contributed by atoms with E-state index in [1.165, 1.54) is 16.3 Å². The lowest BCUT2D eigenvalue weighted by Gasteiger charge is -2.17. The summed E-state index contributed by atoms with van der Waals surface area (Å²) in [5, 5.41) is 6.02. The number of methoxy groups -OCH3 is 1. The number of nitrogens with one attached hydrogen (secondary N) is 2. The molecule has 2 atom stereocenters. The molecule has 0 saturated heterocycles. The summed E-state index contributed by atoms with van der Waals surface area (Å²) in [6.07, 6.45) is 6.57. The van der Waals surface area contributed by atoms with E-state index in [1.54, 1.807) is 7.11 Å². The first-order valence-electron chi connectivity index (χ1n) is 9.95. The molecule has 1 aliphatic heterocycles. The number of benzene rings is 2. The van der Waals surface area contributed by atoms with Crippen LogP contribution in [0, 0.1) is 0 Å². The van der Waals surface area contributed by atoms with E-state index in [4.69, 9.17) is 14.2 Å². The van der Waals surface area contributed by atoms with Gasteiger partial charge in [-0.15, -0.1) is 0 Å². The monoisotopic (exact) mass is 532 g/mol. The van der Waals surface area contributed by atoms with Gasteiger partial charge in [0.2, 0.25) is 0 Å². The number of anilines is 1. The summed E-state index contributed by atoms with van der Waals surface area (Å²) in [5.41, 5.74) is 4.42. The van der Waals surface area contributed by atoms with E-state index in [9.17, 15) is 0 Å². The summed E-state index contributed by atoms with van der Waals surface area (Å²) in [5.74, 6) is 1.12. The van der Waals surface area contributed by atoms with Crippen molar-refractivity contribution in [2.75, 3.05) is 38.9 Å². The van der Waals surface area contributed by atoms with Crippen LogP contribution in [-0.2, 0) is 9.47 Å². The number of hydrogen-bond acceptors (Lipinski definition) is 4. The number of aromatic amines is 1. The van der Waals surface area contributed by atoms with Crippen molar-refractivity contribution >= 4 is 59.4 Å². The van der Waals surface area contributed by atoms with Gasteiger partial charge in [0.15, 0.2) is 5.75 Å². The Hall–Kier alpha value is -1.80. The first-order chi connectivity index (χ1) is 14.7. The second-order valence-corrected chi connectivity index (χ2v) is 9.30. The molecule has 156 valence electrons. The fourth-order valence-electron chi connectivity index (χ4n) is 4.23. The van der Waals surface area contributed by atoms with Crippen molar-refractivity contribution in [1.82, 2.24) is 4.98 Å². The first-order valence-corrected chi connectivity index (χ1v) is 11.5. The molecule has 0 saturated carbocycles. The highest BCUT2D eigenvalue weighted by Crippen LogP contribution is 2.50. The van der Waals surface area contributed by atoms with Gasteiger partial charge in [0.25, 0.3) is 0 Å². The van der Waals surface area contributed by atoms with Crippen LogP contribution in [0.4, 0.5) is 5.69 Å². The van der Waals surface area contributed by atoms with Crippen molar-refractivity contribution < 1.29 is 14.2 Å². The first kappa shape index (κ1) is 20.1. The average Bonchev–Trinajstić information content (AvgIpc) is 3.28. The fraction of sp³-hybridized carbons (Fsp3) is 0.304. The van der Waals surface area contributed by atoms with E-state index in [-0.39, 0.29) is 12.0 Å². The van der Waals surface area contributed by atoms with Gasteiger partial charge in [-0.25, -0.2) is 0 Å². The zero-order valence-electron chi connectivity index (χ0n) is 16.5. The number of allylic oxidation sites excluding steroid dienone is 2. The third-order valence-electron chi connectivity index (χ3n) is 5.61. The lowest BCUT2D eigenvalue weighted by atomic mass is 9.90. The van der Waals surface area contributed by atoms with Crippen molar-refractivity contribution in [3.8, 4) is 5.75 Å². The number of rotatable bonds is 7. The van der Waals surface area contributed by atoms with E-state index in [0.717, 1.165) is 31.4 Å². The van der Waals surface area contributed by atoms with Gasteiger partial charge in [0.05, 0.1) is 37.1 Å². The lowest BCUT2D eigenvalue weighted by molar-refractivity contribution is 0.0547. The van der Waals surface area contributed by atoms with E-state index in [1.807, 2.05) is 0 Å². The van der Waals surface area contributed by atoms with Crippen molar-refractivity contribution in [3.63, 3.8) is 0 Å². The number of H-pyrrole nitrogens is 1. The quantitative estimate of drug-likeness (QED) is 0.374. The van der Waals surface area contributed by atoms with Crippen LogP contribution in [0.25, 0.3) is 21.8 Å². The second-order valence-electron chi connectivity index (χ2n) is 7.47. The molecular weight excluding hydrogens is 512 g/mol. The van der Waals surface area contributed by atoms with Crippen LogP contribution in [-0.4, -0.2) is 44.6 Å². The van der Waals surface area contributed by atoms with Gasteiger partial charge in [-0.2, -0.15) is 0 Å². The van der Waals surface area contributed by atoms with E-state index in [0.29, 0.717) is 26.4 Å². The van der Waals surface area contributed by atoms with Crippen LogP contribution >= 0.6 is 31.9 Å². The third kappa shape index (κ3) is 3.58. The molecule has 2 unspecified atom stereocenters. The molecule has 0 bridgehead atoms. The van der Waals surface area contributed by atoms with Gasteiger partial charge < -0.3 is 24.5 Å². The Bertz CT molecular complexity index is 1170. The molecule has 5 rings (SSSR count). The SMILES string of the molecule is COCCOCCOc1c2c(cc3c1[nH]c1ccc(Br)cc13)C1C=C(Br)C=CC1N2. The molecule has 0 radical (unpaired) electrons. The molecule has 2 aliphatic rings. The van der Waals surface area contributed by atoms with Crippen LogP contribution < -0.4 is 10.1 Å². The molecular formula is C23H22Br2N2O3. The fourth-order valence-corrected chi connectivity index (χ4v) is 5.03. The zero-order chi connectivity index (χ0) is 20.7. The molecule has 2 N–H and O–H groups in total. The molecule has 0 fully saturated rings. The van der Waals surface area contributed by atoms with Crippen molar-refractivity contribution in [1.29, 1.82) is 0 Å². The standard InChI is InChI=1S/C23H22Br2N2O3/c1-28-6-7-29-8-9-30-23-21-17(15-10-13(24)2-4-19(15)26-21)12-18-16-11-14(25)3-5-20(16)27-22(18)23/h2-5,10-12,15,19,26-27H,6-9H2,1H3. The number of hydrogen-bond donors (Lipinski definition) is 2. The minimum Gasteiger partial charge on any atom is -0.487 e. The summed E-state index contributed by atoms with van der Waals surface area (Å²) in [4.78, 5) is 3.57. The highest BCUT2D eigenvalue weighted by atomic mass is 79.9. The molecule has 2 aromatic carbocycles. The number of fused-ring (bicyclic) bond motifs is 6. The summed E-state index contributed by atoms with van der Waals surface area (Å²) >= 11 is 7.24. The van der Waals surface area contributed by atoms with Crippen LogP contribution in [0.5, 0.6) is 5.75 Å². The Labute approximate surface area is 191 Å². The van der Waals surface area contributed by atoms with E-state index >= 15 is 0 Å². The van der Waals surface area contributed by atoms with Gasteiger partial charge >= 0.3 is 0 Å². The topological polar surface area (TPSA) is 55.5 Å². The second kappa shape index (κ2) is 8.38. The maximum atomic E-state index is 6.31. The van der Waals surface area contributed by atoms with Gasteiger partial charge in [-0.05, 0) is 29.8 Å². The number of aromatic nitrogens is 1. The minimum absolute atomic E-state index is 0.228. The summed E-state index contributed by atoms with van der Waals surface area (Å²) < 4.78 is 19.1. The maximum Gasteiger partial charge on any atom is 0.166 e. The van der Waals surface area contributed by atoms with Gasteiger partial charge in [-0.3, -0.25) is 0 Å². The summed E-state index contributed by atoms with van der Waals surface area (Å²) in [6, 6.07) is 8.83. The van der Waals surface area contributed by atoms with Crippen molar-refractivity contribution in [2.24, 2.45) is 0 Å². The maximum absolute atomic E-state index is 6.31. The smallest absolute Gasteiger partial charge is 0.166 e. The van der Waals surface area contributed by atoms with Gasteiger partial charge in [-0.1, -0.05) is 50.1 Å². The van der Waals surface area contributed by atoms with Crippen LogP contribution in [0.2, 0.25) is 0 Å². The van der Waals surface area contributed by atoms with E-state index in [2.05, 4.69) is 84.7 Å². The molecule has 5 nitrogen and oxygen atoms in total. The van der Waals surface area contributed by atoms with Crippen LogP contribution in [0.15, 0.2) is 51.4 Å². The van der Waals surface area contributed by atoms with Gasteiger partial charge in [0, 0.05) is 38.3 Å². The predicted octanol–water partition coefficient (Wildman–Crippen LogP) is 5.85. The zero-order valence-corrected chi connectivity index (χ0v) is 19.7. The molecule has 3 aromatic rings. The molecule has 2 heterocycles. The number of halogens is 2. The normalized spacial score (nSPS) is 19.6. The van der Waals surface area contributed by atoms with Gasteiger partial charge in [0.1, 0.15) is 6.61 Å². The lowest BCUT2D eigenvalue weighted by Crippen LogP contribution is -2.18. The molecule has 0 spiro atoms. The highest BCUT2D eigenvalue weighted by molar-refractivity contribution is 9.12. The van der Waals surface area contributed by atoms with Crippen LogP contribution in [0.3, 0.4) is 0 Å².